The van der Waals surface area contributed by atoms with Gasteiger partial charge in [0.05, 0.1) is 19.8 Å². The summed E-state index contributed by atoms with van der Waals surface area (Å²) in [6, 6.07) is 0. The molecule has 6 atom stereocenters. The van der Waals surface area contributed by atoms with Crippen LogP contribution < -0.4 is 0 Å². The van der Waals surface area contributed by atoms with Crippen molar-refractivity contribution in [2.45, 2.75) is 36.8 Å². The zero-order valence-electron chi connectivity index (χ0n) is 9.09. The maximum absolute atomic E-state index is 9.52. The van der Waals surface area contributed by atoms with E-state index < -0.39 is 50.0 Å². The standard InChI is InChI=1S/C9H18O8/c10-1-4(12)3-16-9-7(15)6(14)8(17-9)5(13)2-11/h4-15H,1-3H2/t4?,5-,6+,7+,8-,9+/m1/s1. The Morgan fingerprint density at radius 1 is 1.06 bits per heavy atom. The molecule has 0 bridgehead atoms. The van der Waals surface area contributed by atoms with E-state index in [1.165, 1.54) is 0 Å². The smallest absolute Gasteiger partial charge is 0.186 e. The second kappa shape index (κ2) is 6.57. The van der Waals surface area contributed by atoms with Crippen molar-refractivity contribution in [2.24, 2.45) is 0 Å². The topological polar surface area (TPSA) is 140 Å². The summed E-state index contributed by atoms with van der Waals surface area (Å²) >= 11 is 0. The van der Waals surface area contributed by atoms with Gasteiger partial charge in [-0.25, -0.2) is 0 Å². The molecule has 8 heteroatoms. The molecule has 0 spiro atoms. The molecule has 0 aromatic heterocycles. The van der Waals surface area contributed by atoms with Crippen LogP contribution in [-0.2, 0) is 9.47 Å². The third-order valence-electron chi connectivity index (χ3n) is 2.49. The van der Waals surface area contributed by atoms with Crippen LogP contribution in [0.2, 0.25) is 0 Å². The largest absolute Gasteiger partial charge is 0.394 e. The van der Waals surface area contributed by atoms with Gasteiger partial charge in [0, 0.05) is 0 Å². The summed E-state index contributed by atoms with van der Waals surface area (Å²) in [5, 5.41) is 54.6. The molecule has 1 aliphatic heterocycles. The van der Waals surface area contributed by atoms with Crippen LogP contribution in [0, 0.1) is 0 Å². The van der Waals surface area contributed by atoms with Crippen LogP contribution in [0.3, 0.4) is 0 Å². The van der Waals surface area contributed by atoms with Gasteiger partial charge in [-0.15, -0.1) is 0 Å². The van der Waals surface area contributed by atoms with Crippen LogP contribution in [-0.4, -0.2) is 87.3 Å². The number of hydrogen-bond donors (Lipinski definition) is 6. The Hall–Kier alpha value is -0.320. The number of aliphatic hydroxyl groups excluding tert-OH is 6. The van der Waals surface area contributed by atoms with Crippen molar-refractivity contribution in [2.75, 3.05) is 19.8 Å². The lowest BCUT2D eigenvalue weighted by molar-refractivity contribution is -0.192. The maximum Gasteiger partial charge on any atom is 0.186 e. The van der Waals surface area contributed by atoms with Crippen LogP contribution in [0.4, 0.5) is 0 Å². The van der Waals surface area contributed by atoms with Crippen LogP contribution in [0.25, 0.3) is 0 Å². The minimum absolute atomic E-state index is 0.285. The maximum atomic E-state index is 9.52. The summed E-state index contributed by atoms with van der Waals surface area (Å²) in [6.07, 6.45) is -7.63. The first-order valence-corrected chi connectivity index (χ1v) is 5.22. The Kier molecular flexibility index (Phi) is 5.70. The molecule has 0 radical (unpaired) electrons. The molecule has 1 aliphatic rings. The van der Waals surface area contributed by atoms with Crippen LogP contribution in [0.1, 0.15) is 0 Å². The molecule has 0 aliphatic carbocycles. The number of hydrogen-bond acceptors (Lipinski definition) is 8. The number of aliphatic hydroxyl groups is 6. The first-order chi connectivity index (χ1) is 8.01. The van der Waals surface area contributed by atoms with E-state index in [2.05, 4.69) is 0 Å². The third-order valence-corrected chi connectivity index (χ3v) is 2.49. The third kappa shape index (κ3) is 3.57. The summed E-state index contributed by atoms with van der Waals surface area (Å²) in [5.74, 6) is 0. The molecule has 1 saturated heterocycles. The fourth-order valence-corrected chi connectivity index (χ4v) is 1.49. The number of ether oxygens (including phenoxy) is 2. The van der Waals surface area contributed by atoms with E-state index in [4.69, 9.17) is 24.8 Å². The van der Waals surface area contributed by atoms with E-state index in [1.807, 2.05) is 0 Å². The summed E-state index contributed by atoms with van der Waals surface area (Å²) in [4.78, 5) is 0. The van der Waals surface area contributed by atoms with Crippen molar-refractivity contribution in [1.29, 1.82) is 0 Å². The van der Waals surface area contributed by atoms with Crippen LogP contribution in [0.5, 0.6) is 0 Å². The SMILES string of the molecule is OCC(O)CO[C@H]1O[C@H]([C@H](O)CO)[C@@H](O)[C@@H]1O. The predicted octanol–water partition coefficient (Wildman–Crippen LogP) is -3.84. The van der Waals surface area contributed by atoms with Gasteiger partial charge in [0.15, 0.2) is 6.29 Å². The van der Waals surface area contributed by atoms with Crippen molar-refractivity contribution < 1.29 is 40.1 Å². The fourth-order valence-electron chi connectivity index (χ4n) is 1.49. The van der Waals surface area contributed by atoms with Gasteiger partial charge in [-0.2, -0.15) is 0 Å². The van der Waals surface area contributed by atoms with Crippen molar-refractivity contribution in [3.63, 3.8) is 0 Å². The average molecular weight is 254 g/mol. The van der Waals surface area contributed by atoms with E-state index >= 15 is 0 Å². The van der Waals surface area contributed by atoms with Crippen LogP contribution >= 0.6 is 0 Å². The molecule has 0 amide bonds. The highest BCUT2D eigenvalue weighted by Gasteiger charge is 2.46. The Morgan fingerprint density at radius 3 is 2.24 bits per heavy atom. The molecule has 1 rings (SSSR count). The molecule has 17 heavy (non-hydrogen) atoms. The molecule has 1 heterocycles. The highest BCUT2D eigenvalue weighted by atomic mass is 16.7. The van der Waals surface area contributed by atoms with Gasteiger partial charge in [-0.3, -0.25) is 0 Å². The van der Waals surface area contributed by atoms with Gasteiger partial charge in [-0.05, 0) is 0 Å². The Balaban J connectivity index is 2.47. The normalized spacial score (nSPS) is 37.1. The molecule has 1 fully saturated rings. The summed E-state index contributed by atoms with van der Waals surface area (Å²) in [6.45, 7) is -1.42. The van der Waals surface area contributed by atoms with Gasteiger partial charge in [0.25, 0.3) is 0 Å². The van der Waals surface area contributed by atoms with Gasteiger partial charge < -0.3 is 40.1 Å². The van der Waals surface area contributed by atoms with E-state index in [9.17, 15) is 15.3 Å². The summed E-state index contributed by atoms with van der Waals surface area (Å²) in [7, 11) is 0. The molecule has 6 N–H and O–H groups in total. The minimum atomic E-state index is -1.40. The molecule has 8 nitrogen and oxygen atoms in total. The zero-order chi connectivity index (χ0) is 13.0. The molecular formula is C9H18O8. The van der Waals surface area contributed by atoms with Crippen molar-refractivity contribution in [3.8, 4) is 0 Å². The van der Waals surface area contributed by atoms with E-state index in [1.54, 1.807) is 0 Å². The lowest BCUT2D eigenvalue weighted by Gasteiger charge is -2.18. The number of rotatable bonds is 6. The Labute approximate surface area is 97.6 Å². The lowest BCUT2D eigenvalue weighted by atomic mass is 10.1. The van der Waals surface area contributed by atoms with E-state index in [0.29, 0.717) is 0 Å². The quantitative estimate of drug-likeness (QED) is 0.283. The molecule has 102 valence electrons. The van der Waals surface area contributed by atoms with Gasteiger partial charge in [0.2, 0.25) is 0 Å². The second-order valence-corrected chi connectivity index (χ2v) is 3.87. The predicted molar refractivity (Wildman–Crippen MR) is 52.8 cm³/mol. The Morgan fingerprint density at radius 2 is 1.71 bits per heavy atom. The molecule has 1 unspecified atom stereocenters. The molecule has 0 aromatic rings. The zero-order valence-corrected chi connectivity index (χ0v) is 9.09. The first kappa shape index (κ1) is 14.7. The van der Waals surface area contributed by atoms with Crippen molar-refractivity contribution >= 4 is 0 Å². The van der Waals surface area contributed by atoms with Gasteiger partial charge in [0.1, 0.15) is 30.5 Å². The summed E-state index contributed by atoms with van der Waals surface area (Å²) < 4.78 is 9.94. The molecule has 0 saturated carbocycles. The van der Waals surface area contributed by atoms with Gasteiger partial charge in [-0.1, -0.05) is 0 Å². The fraction of sp³-hybridized carbons (Fsp3) is 1.00. The van der Waals surface area contributed by atoms with Gasteiger partial charge >= 0.3 is 0 Å². The van der Waals surface area contributed by atoms with E-state index in [-0.39, 0.29) is 6.61 Å². The van der Waals surface area contributed by atoms with Crippen LogP contribution in [0.15, 0.2) is 0 Å². The van der Waals surface area contributed by atoms with E-state index in [0.717, 1.165) is 0 Å². The van der Waals surface area contributed by atoms with Crippen molar-refractivity contribution in [1.82, 2.24) is 0 Å². The highest BCUT2D eigenvalue weighted by molar-refractivity contribution is 4.90. The molecule has 0 aromatic carbocycles. The molecular weight excluding hydrogens is 236 g/mol. The summed E-state index contributed by atoms with van der Waals surface area (Å²) in [5.41, 5.74) is 0. The minimum Gasteiger partial charge on any atom is -0.394 e. The Bertz CT molecular complexity index is 225. The van der Waals surface area contributed by atoms with Crippen molar-refractivity contribution in [3.05, 3.63) is 0 Å². The second-order valence-electron chi connectivity index (χ2n) is 3.87. The highest BCUT2D eigenvalue weighted by Crippen LogP contribution is 2.24. The first-order valence-electron chi connectivity index (χ1n) is 5.22. The average Bonchev–Trinajstić information content (AvgIpc) is 2.62. The lowest BCUT2D eigenvalue weighted by Crippen LogP contribution is -2.40. The monoisotopic (exact) mass is 254 g/mol.